The molecule has 0 spiro atoms. The minimum atomic E-state index is -1.80. The molecule has 0 nitrogen and oxygen atoms in total. The normalized spacial score (nSPS) is 19.8. The molecule has 0 heterocycles. The Labute approximate surface area is 74.9 Å². The summed E-state index contributed by atoms with van der Waals surface area (Å²) in [6.07, 6.45) is -1.19. The van der Waals surface area contributed by atoms with E-state index in [1.807, 2.05) is 37.3 Å². The first-order valence-corrected chi connectivity index (χ1v) is 3.89. The topological polar surface area (TPSA) is 0 Å². The van der Waals surface area contributed by atoms with E-state index in [0.29, 0.717) is 6.42 Å². The maximum absolute atomic E-state index is 7.77. The zero-order chi connectivity index (χ0) is 11.5. The molecule has 0 aliphatic heterocycles. The summed E-state index contributed by atoms with van der Waals surface area (Å²) >= 11 is 0. The molecule has 1 aromatic rings. The van der Waals surface area contributed by atoms with E-state index in [4.69, 9.17) is 5.48 Å². The molecule has 1 atom stereocenters. The maximum atomic E-state index is 7.77. The Morgan fingerprint density at radius 2 is 2.18 bits per heavy atom. The van der Waals surface area contributed by atoms with Crippen molar-refractivity contribution in [2.45, 2.75) is 32.5 Å². The number of hydrogen-bond acceptors (Lipinski definition) is 0. The summed E-state index contributed by atoms with van der Waals surface area (Å²) in [5.41, 5.74) is 0.870. The van der Waals surface area contributed by atoms with Crippen molar-refractivity contribution in [2.75, 3.05) is 0 Å². The van der Waals surface area contributed by atoms with Crippen molar-refractivity contribution in [1.82, 2.24) is 0 Å². The molecular formula is C11H16. The quantitative estimate of drug-likeness (QED) is 0.621. The van der Waals surface area contributed by atoms with Gasteiger partial charge in [0.2, 0.25) is 0 Å². The van der Waals surface area contributed by atoms with Gasteiger partial charge in [0, 0.05) is 5.48 Å². The van der Waals surface area contributed by atoms with E-state index < -0.39 is 13.2 Å². The van der Waals surface area contributed by atoms with Crippen LogP contribution in [0.15, 0.2) is 30.3 Å². The summed E-state index contributed by atoms with van der Waals surface area (Å²) in [6, 6.07) is 9.31. The molecule has 11 heavy (non-hydrogen) atoms. The number of rotatable bonds is 3. The lowest BCUT2D eigenvalue weighted by atomic mass is 9.94. The first-order chi connectivity index (χ1) is 7.00. The van der Waals surface area contributed by atoms with Gasteiger partial charge in [0.25, 0.3) is 0 Å². The SMILES string of the molecule is [2H]C([2H])C([2H])([2H])C(CC)c1ccccc1. The minimum absolute atomic E-state index is 0.376. The Hall–Kier alpha value is -0.780. The van der Waals surface area contributed by atoms with Gasteiger partial charge in [-0.2, -0.15) is 0 Å². The van der Waals surface area contributed by atoms with Crippen molar-refractivity contribution >= 4 is 0 Å². The maximum Gasteiger partial charge on any atom is 0.0270 e. The highest BCUT2D eigenvalue weighted by atomic mass is 14.1. The summed E-state index contributed by atoms with van der Waals surface area (Å²) in [5, 5.41) is 0. The molecule has 0 heteroatoms. The molecule has 0 saturated carbocycles. The molecule has 1 rings (SSSR count). The van der Waals surface area contributed by atoms with Crippen molar-refractivity contribution in [2.24, 2.45) is 0 Å². The largest absolute Gasteiger partial charge is 0.0648 e. The van der Waals surface area contributed by atoms with Gasteiger partial charge in [-0.1, -0.05) is 44.1 Å². The van der Waals surface area contributed by atoms with Crippen LogP contribution in [0.25, 0.3) is 0 Å². The second-order valence-corrected chi connectivity index (χ2v) is 2.54. The minimum Gasteiger partial charge on any atom is -0.0648 e. The summed E-state index contributed by atoms with van der Waals surface area (Å²) in [5.74, 6) is -0.376. The van der Waals surface area contributed by atoms with Crippen molar-refractivity contribution < 1.29 is 5.48 Å². The summed E-state index contributed by atoms with van der Waals surface area (Å²) in [6.45, 7) is 0.431. The number of benzene rings is 1. The van der Waals surface area contributed by atoms with Gasteiger partial charge < -0.3 is 0 Å². The Morgan fingerprint density at radius 3 is 2.73 bits per heavy atom. The first-order valence-electron chi connectivity index (χ1n) is 6.05. The lowest BCUT2D eigenvalue weighted by Gasteiger charge is -2.11. The van der Waals surface area contributed by atoms with Crippen LogP contribution in [0.2, 0.25) is 0 Å². The average molecular weight is 152 g/mol. The lowest BCUT2D eigenvalue weighted by Crippen LogP contribution is -1.93. The predicted molar refractivity (Wildman–Crippen MR) is 49.8 cm³/mol. The standard InChI is InChI=1S/C11H16/c1-3-10(4-2)11-8-6-5-7-9-11/h5-10H,3-4H2,1-2H3/i1D2,3D2. The van der Waals surface area contributed by atoms with Crippen LogP contribution in [0.5, 0.6) is 0 Å². The highest BCUT2D eigenvalue weighted by Gasteiger charge is 2.03. The third-order valence-electron chi connectivity index (χ3n) is 1.81. The summed E-state index contributed by atoms with van der Waals surface area (Å²) in [7, 11) is 0. The molecule has 0 saturated heterocycles. The van der Waals surface area contributed by atoms with Crippen LogP contribution in [-0.4, -0.2) is 0 Å². The fourth-order valence-corrected chi connectivity index (χ4v) is 1.14. The van der Waals surface area contributed by atoms with E-state index in [9.17, 15) is 0 Å². The van der Waals surface area contributed by atoms with Crippen LogP contribution >= 0.6 is 0 Å². The van der Waals surface area contributed by atoms with Crippen LogP contribution in [0.4, 0.5) is 0 Å². The third-order valence-corrected chi connectivity index (χ3v) is 1.81. The molecule has 0 radical (unpaired) electrons. The Bertz CT molecular complexity index is 295. The van der Waals surface area contributed by atoms with Gasteiger partial charge in [-0.25, -0.2) is 0 Å². The Morgan fingerprint density at radius 1 is 1.45 bits per heavy atom. The molecule has 1 aromatic carbocycles. The van der Waals surface area contributed by atoms with Gasteiger partial charge >= 0.3 is 0 Å². The molecule has 0 bridgehead atoms. The fourth-order valence-electron chi connectivity index (χ4n) is 1.14. The van der Waals surface area contributed by atoms with E-state index in [1.165, 1.54) is 0 Å². The average Bonchev–Trinajstić information content (AvgIpc) is 2.19. The molecular weight excluding hydrogens is 132 g/mol. The van der Waals surface area contributed by atoms with Gasteiger partial charge in [-0.05, 0) is 24.3 Å². The van der Waals surface area contributed by atoms with Crippen molar-refractivity contribution in [3.8, 4) is 0 Å². The molecule has 60 valence electrons. The lowest BCUT2D eigenvalue weighted by molar-refractivity contribution is 0.642. The first kappa shape index (κ1) is 4.30. The molecule has 0 N–H and O–H groups in total. The van der Waals surface area contributed by atoms with Gasteiger partial charge in [0.1, 0.15) is 0 Å². The van der Waals surface area contributed by atoms with Crippen LogP contribution in [-0.2, 0) is 0 Å². The van der Waals surface area contributed by atoms with Crippen molar-refractivity contribution in [3.05, 3.63) is 35.9 Å². The van der Waals surface area contributed by atoms with E-state index in [-0.39, 0.29) is 5.92 Å². The van der Waals surface area contributed by atoms with Gasteiger partial charge in [-0.15, -0.1) is 0 Å². The second-order valence-electron chi connectivity index (χ2n) is 2.54. The Balaban J connectivity index is 2.99. The van der Waals surface area contributed by atoms with E-state index in [2.05, 4.69) is 0 Å². The highest BCUT2D eigenvalue weighted by molar-refractivity contribution is 5.18. The van der Waals surface area contributed by atoms with Crippen LogP contribution in [0.3, 0.4) is 0 Å². The van der Waals surface area contributed by atoms with Crippen molar-refractivity contribution in [3.63, 3.8) is 0 Å². The highest BCUT2D eigenvalue weighted by Crippen LogP contribution is 2.21. The fraction of sp³-hybridized carbons (Fsp3) is 0.455. The molecule has 0 fully saturated rings. The molecule has 0 aromatic heterocycles. The Kier molecular flexibility index (Phi) is 1.63. The van der Waals surface area contributed by atoms with Gasteiger partial charge in [0.05, 0.1) is 0 Å². The molecule has 0 amide bonds. The monoisotopic (exact) mass is 152 g/mol. The third kappa shape index (κ3) is 2.07. The van der Waals surface area contributed by atoms with Gasteiger partial charge in [-0.3, -0.25) is 0 Å². The van der Waals surface area contributed by atoms with E-state index in [1.54, 1.807) is 0 Å². The van der Waals surface area contributed by atoms with Gasteiger partial charge in [0.15, 0.2) is 0 Å². The predicted octanol–water partition coefficient (Wildman–Crippen LogP) is 3.59. The zero-order valence-electron chi connectivity index (χ0n) is 10.7. The summed E-state index contributed by atoms with van der Waals surface area (Å²) in [4.78, 5) is 0. The number of hydrogen-bond donors (Lipinski definition) is 0. The molecule has 0 aliphatic carbocycles. The zero-order valence-corrected chi connectivity index (χ0v) is 6.75. The summed E-state index contributed by atoms with van der Waals surface area (Å²) < 4.78 is 30.0. The van der Waals surface area contributed by atoms with E-state index in [0.717, 1.165) is 5.56 Å². The van der Waals surface area contributed by atoms with Crippen LogP contribution < -0.4 is 0 Å². The van der Waals surface area contributed by atoms with Crippen LogP contribution in [0.1, 0.15) is 43.6 Å². The van der Waals surface area contributed by atoms with E-state index >= 15 is 0 Å². The molecule has 1 unspecified atom stereocenters. The second kappa shape index (κ2) is 4.17. The van der Waals surface area contributed by atoms with Crippen molar-refractivity contribution in [1.29, 1.82) is 0 Å². The smallest absolute Gasteiger partial charge is 0.0270 e. The van der Waals surface area contributed by atoms with Crippen LogP contribution in [0, 0.1) is 0 Å². The molecule has 0 aliphatic rings.